The molecule has 0 saturated heterocycles. The molecule has 0 aliphatic heterocycles. The first-order chi connectivity index (χ1) is 23.3. The fourth-order valence-corrected chi connectivity index (χ4v) is 5.75. The lowest BCUT2D eigenvalue weighted by Crippen LogP contribution is -2.84. The highest BCUT2D eigenvalue weighted by atomic mass is 19.4. The molecule has 1 rings (SSSR count). The van der Waals surface area contributed by atoms with Gasteiger partial charge in [0.15, 0.2) is 6.61 Å². The van der Waals surface area contributed by atoms with Crippen LogP contribution in [0.2, 0.25) is 0 Å². The quantitative estimate of drug-likeness (QED) is 0.0873. The Balaban J connectivity index is 2.99. The lowest BCUT2D eigenvalue weighted by atomic mass is 9.50. The number of halogens is 14. The van der Waals surface area contributed by atoms with E-state index < -0.39 is 126 Å². The largest absolute Gasteiger partial charge is 0.465 e. The van der Waals surface area contributed by atoms with Crippen molar-refractivity contribution in [2.75, 3.05) is 26.4 Å². The first kappa shape index (κ1) is 47.9. The molecule has 1 aliphatic rings. The van der Waals surface area contributed by atoms with Gasteiger partial charge in [-0.05, 0) is 44.4 Å². The summed E-state index contributed by atoms with van der Waals surface area (Å²) in [7, 11) is 0. The molecule has 0 heterocycles. The molecule has 0 amide bonds. The minimum atomic E-state index is -7.43. The van der Waals surface area contributed by atoms with Crippen molar-refractivity contribution < 1.29 is 99.6 Å². The van der Waals surface area contributed by atoms with Crippen LogP contribution in [0.5, 0.6) is 0 Å². The monoisotopic (exact) mass is 806 g/mol. The molecule has 1 atom stereocenters. The molecule has 0 aromatic heterocycles. The second-order valence-electron chi connectivity index (χ2n) is 14.6. The number of hydrogen-bond donors (Lipinski definition) is 0. The van der Waals surface area contributed by atoms with E-state index in [1.807, 2.05) is 0 Å². The zero-order valence-electron chi connectivity index (χ0n) is 29.7. The fraction of sp³-hybridized carbons (Fsp3) is 0.871. The number of hydrogen-bond acceptors (Lipinski definition) is 8. The molecule has 0 aromatic rings. The lowest BCUT2D eigenvalue weighted by molar-refractivity contribution is -0.487. The van der Waals surface area contributed by atoms with Gasteiger partial charge < -0.3 is 18.9 Å². The second-order valence-corrected chi connectivity index (χ2v) is 14.6. The first-order valence-corrected chi connectivity index (χ1v) is 15.6. The van der Waals surface area contributed by atoms with Crippen molar-refractivity contribution >= 4 is 23.9 Å². The Morgan fingerprint density at radius 1 is 0.547 bits per heavy atom. The van der Waals surface area contributed by atoms with Crippen LogP contribution in [0.4, 0.5) is 61.5 Å². The highest BCUT2D eigenvalue weighted by Crippen LogP contribution is 2.69. The Hall–Kier alpha value is -3.10. The Morgan fingerprint density at radius 3 is 1.32 bits per heavy atom. The summed E-state index contributed by atoms with van der Waals surface area (Å²) in [6.07, 6.45) is -6.75. The van der Waals surface area contributed by atoms with Crippen LogP contribution in [0.25, 0.3) is 0 Å². The van der Waals surface area contributed by atoms with Crippen molar-refractivity contribution in [1.29, 1.82) is 0 Å². The van der Waals surface area contributed by atoms with E-state index in [0.29, 0.717) is 0 Å². The predicted molar refractivity (Wildman–Crippen MR) is 152 cm³/mol. The van der Waals surface area contributed by atoms with E-state index >= 15 is 0 Å². The maximum Gasteiger partial charge on any atom is 0.422 e. The number of ether oxygens (including phenoxy) is 4. The molecule has 22 heteroatoms. The van der Waals surface area contributed by atoms with Crippen molar-refractivity contribution in [3.8, 4) is 0 Å². The third kappa shape index (κ3) is 8.29. The predicted octanol–water partition coefficient (Wildman–Crippen LogP) is 8.29. The Kier molecular flexibility index (Phi) is 13.4. The van der Waals surface area contributed by atoms with E-state index in [0.717, 1.165) is 0 Å². The molecule has 1 aliphatic carbocycles. The summed E-state index contributed by atoms with van der Waals surface area (Å²) >= 11 is 0. The van der Waals surface area contributed by atoms with Crippen molar-refractivity contribution in [2.45, 2.75) is 123 Å². The minimum absolute atomic E-state index is 0.000778. The number of esters is 4. The average Bonchev–Trinajstić information content (AvgIpc) is 2.99. The smallest absolute Gasteiger partial charge is 0.422 e. The third-order valence-corrected chi connectivity index (χ3v) is 10.1. The van der Waals surface area contributed by atoms with Gasteiger partial charge >= 0.3 is 59.7 Å². The SMILES string of the molecule is CCC(C)(C(=O)OCCC(=O)OCC1(F)C(F)(F)C(F)(F)C(F)(F)C(F)(F)C1(F)F)C(C)(C)C(C)(C)CC(C)(C)C(=O)OCCC(=O)OCC(F)(F)F. The molecule has 8 nitrogen and oxygen atoms in total. The summed E-state index contributed by atoms with van der Waals surface area (Å²) in [5, 5.41) is 0. The Morgan fingerprint density at radius 2 is 0.925 bits per heavy atom. The van der Waals surface area contributed by atoms with Gasteiger partial charge in [-0.1, -0.05) is 34.6 Å². The summed E-state index contributed by atoms with van der Waals surface area (Å²) in [4.78, 5) is 49.8. The molecule has 1 saturated carbocycles. The van der Waals surface area contributed by atoms with Gasteiger partial charge in [-0.2, -0.15) is 57.1 Å². The number of carbonyl (C=O) groups excluding carboxylic acids is 4. The fourth-order valence-electron chi connectivity index (χ4n) is 5.75. The summed E-state index contributed by atoms with van der Waals surface area (Å²) in [5.41, 5.74) is -11.6. The van der Waals surface area contributed by atoms with E-state index in [9.17, 15) is 80.6 Å². The summed E-state index contributed by atoms with van der Waals surface area (Å²) in [6.45, 7) is 5.55. The van der Waals surface area contributed by atoms with Crippen LogP contribution >= 0.6 is 0 Å². The molecule has 1 fully saturated rings. The van der Waals surface area contributed by atoms with Crippen molar-refractivity contribution in [3.63, 3.8) is 0 Å². The van der Waals surface area contributed by atoms with E-state index in [1.54, 1.807) is 27.7 Å². The summed E-state index contributed by atoms with van der Waals surface area (Å²) in [5.74, 6) is -41.8. The number of carbonyl (C=O) groups is 4. The molecule has 0 bridgehead atoms. The van der Waals surface area contributed by atoms with Gasteiger partial charge in [0.25, 0.3) is 5.67 Å². The molecular formula is C31H40F14O8. The van der Waals surface area contributed by atoms with Crippen LogP contribution in [0, 0.1) is 21.7 Å². The lowest BCUT2D eigenvalue weighted by Gasteiger charge is -2.53. The maximum absolute atomic E-state index is 14.8. The molecule has 0 spiro atoms. The molecule has 1 unspecified atom stereocenters. The molecule has 310 valence electrons. The van der Waals surface area contributed by atoms with Gasteiger partial charge in [0.05, 0.1) is 23.7 Å². The highest BCUT2D eigenvalue weighted by molar-refractivity contribution is 5.79. The van der Waals surface area contributed by atoms with Crippen LogP contribution in [-0.4, -0.2) is 91.8 Å². The Labute approximate surface area is 294 Å². The summed E-state index contributed by atoms with van der Waals surface area (Å²) in [6, 6.07) is 0. The number of rotatable bonds is 16. The second kappa shape index (κ2) is 14.9. The van der Waals surface area contributed by atoms with Gasteiger partial charge in [-0.15, -0.1) is 0 Å². The normalized spacial score (nSPS) is 21.5. The van der Waals surface area contributed by atoms with Crippen LogP contribution in [-0.2, 0) is 38.1 Å². The van der Waals surface area contributed by atoms with E-state index in [2.05, 4.69) is 9.47 Å². The zero-order valence-corrected chi connectivity index (χ0v) is 29.7. The molecule has 0 N–H and O–H groups in total. The topological polar surface area (TPSA) is 105 Å². The van der Waals surface area contributed by atoms with Crippen LogP contribution in [0.3, 0.4) is 0 Å². The zero-order chi connectivity index (χ0) is 42.3. The van der Waals surface area contributed by atoms with Crippen molar-refractivity contribution in [3.05, 3.63) is 0 Å². The standard InChI is InChI=1S/C31H40F14O8/c1-9-24(8,23(6,7)22(4,5)14-21(2,3)19(48)50-12-10-18(47)53-16-26(33,34)35)20(49)51-13-11-17(46)52-15-25(32)27(36,37)29(40,41)31(44,45)30(42,43)28(25,38)39/h9-16H2,1-8H3. The molecule has 0 radical (unpaired) electrons. The van der Waals surface area contributed by atoms with Crippen molar-refractivity contribution in [2.24, 2.45) is 21.7 Å². The number of alkyl halides is 14. The van der Waals surface area contributed by atoms with Crippen LogP contribution in [0.15, 0.2) is 0 Å². The minimum Gasteiger partial charge on any atom is -0.465 e. The highest BCUT2D eigenvalue weighted by Gasteiger charge is 3.01. The van der Waals surface area contributed by atoms with Gasteiger partial charge in [0, 0.05) is 0 Å². The maximum atomic E-state index is 14.8. The summed E-state index contributed by atoms with van der Waals surface area (Å²) < 4.78 is 207. The molecule has 0 aromatic carbocycles. The van der Waals surface area contributed by atoms with Gasteiger partial charge in [0.1, 0.15) is 19.8 Å². The third-order valence-electron chi connectivity index (χ3n) is 10.1. The van der Waals surface area contributed by atoms with E-state index in [4.69, 9.17) is 9.47 Å². The van der Waals surface area contributed by atoms with Gasteiger partial charge in [-0.3, -0.25) is 19.2 Å². The van der Waals surface area contributed by atoms with Gasteiger partial charge in [0.2, 0.25) is 0 Å². The first-order valence-electron chi connectivity index (χ1n) is 15.6. The molecular weight excluding hydrogens is 766 g/mol. The van der Waals surface area contributed by atoms with Crippen molar-refractivity contribution in [1.82, 2.24) is 0 Å². The van der Waals surface area contributed by atoms with E-state index in [-0.39, 0.29) is 12.8 Å². The van der Waals surface area contributed by atoms with Gasteiger partial charge in [-0.25, -0.2) is 4.39 Å². The molecule has 53 heavy (non-hydrogen) atoms. The average molecular weight is 807 g/mol. The van der Waals surface area contributed by atoms with E-state index in [1.165, 1.54) is 27.7 Å². The van der Waals surface area contributed by atoms with Crippen LogP contribution in [0.1, 0.15) is 81.1 Å². The Bertz CT molecular complexity index is 1340. The van der Waals surface area contributed by atoms with Crippen LogP contribution < -0.4 is 0 Å².